The molecule has 4 rings (SSSR count). The molecule has 2 atom stereocenters. The number of piperidine rings is 1. The van der Waals surface area contributed by atoms with Crippen LogP contribution in [0.2, 0.25) is 0 Å². The minimum Gasteiger partial charge on any atom is -0.477 e. The van der Waals surface area contributed by atoms with Crippen molar-refractivity contribution in [2.24, 2.45) is 0 Å². The summed E-state index contributed by atoms with van der Waals surface area (Å²) in [5.74, 6) is 0.311. The Labute approximate surface area is 139 Å². The van der Waals surface area contributed by atoms with Crippen molar-refractivity contribution in [1.82, 2.24) is 24.9 Å². The Bertz CT molecular complexity index is 747. The minimum atomic E-state index is -0.0720. The number of pyridine rings is 1. The first-order chi connectivity index (χ1) is 11.8. The maximum Gasteiger partial charge on any atom is 0.259 e. The second-order valence-electron chi connectivity index (χ2n) is 5.92. The zero-order chi connectivity index (χ0) is 16.5. The van der Waals surface area contributed by atoms with Crippen molar-refractivity contribution in [3.63, 3.8) is 0 Å². The van der Waals surface area contributed by atoms with Crippen molar-refractivity contribution in [2.75, 3.05) is 19.7 Å². The van der Waals surface area contributed by atoms with Crippen LogP contribution in [0, 0.1) is 0 Å². The summed E-state index contributed by atoms with van der Waals surface area (Å²) in [7, 11) is 0. The van der Waals surface area contributed by atoms with Crippen molar-refractivity contribution in [3.8, 4) is 5.88 Å². The maximum atomic E-state index is 12.9. The van der Waals surface area contributed by atoms with Crippen LogP contribution in [0.25, 0.3) is 0 Å². The lowest BCUT2D eigenvalue weighted by Crippen LogP contribution is -2.50. The summed E-state index contributed by atoms with van der Waals surface area (Å²) in [6.45, 7) is 4.06. The molecule has 2 aliphatic heterocycles. The summed E-state index contributed by atoms with van der Waals surface area (Å²) in [5.41, 5.74) is 1.44. The molecule has 0 spiro atoms. The van der Waals surface area contributed by atoms with E-state index in [4.69, 9.17) is 9.47 Å². The molecule has 1 fully saturated rings. The van der Waals surface area contributed by atoms with Crippen LogP contribution in [0.3, 0.4) is 0 Å². The number of ether oxygens (including phenoxy) is 2. The number of hydrogen-bond acceptors (Lipinski definition) is 6. The Morgan fingerprint density at radius 1 is 1.50 bits per heavy atom. The first-order valence-corrected chi connectivity index (χ1v) is 8.15. The van der Waals surface area contributed by atoms with Crippen LogP contribution in [0.1, 0.15) is 35.4 Å². The van der Waals surface area contributed by atoms with Crippen molar-refractivity contribution in [1.29, 1.82) is 0 Å². The summed E-state index contributed by atoms with van der Waals surface area (Å²) >= 11 is 0. The number of nitrogens with zero attached hydrogens (tertiary/aromatic N) is 5. The van der Waals surface area contributed by atoms with E-state index in [9.17, 15) is 4.79 Å². The topological polar surface area (TPSA) is 82.4 Å². The first-order valence-electron chi connectivity index (χ1n) is 8.15. The van der Waals surface area contributed by atoms with Crippen LogP contribution < -0.4 is 4.74 Å². The lowest BCUT2D eigenvalue weighted by Gasteiger charge is -2.41. The van der Waals surface area contributed by atoms with Crippen LogP contribution in [0.4, 0.5) is 0 Å². The minimum absolute atomic E-state index is 0.00108. The Hall–Kier alpha value is -2.48. The monoisotopic (exact) mass is 329 g/mol. The predicted octanol–water partition coefficient (Wildman–Crippen LogP) is 1.06. The molecule has 8 nitrogen and oxygen atoms in total. The average molecular weight is 329 g/mol. The molecule has 4 heterocycles. The molecule has 0 aliphatic carbocycles. The van der Waals surface area contributed by atoms with Crippen LogP contribution in [-0.2, 0) is 11.3 Å². The van der Waals surface area contributed by atoms with Gasteiger partial charge < -0.3 is 14.4 Å². The summed E-state index contributed by atoms with van der Waals surface area (Å²) in [6, 6.07) is 3.51. The molecule has 1 saturated heterocycles. The predicted molar refractivity (Wildman–Crippen MR) is 83.6 cm³/mol. The van der Waals surface area contributed by atoms with E-state index >= 15 is 0 Å². The molecule has 1 amide bonds. The van der Waals surface area contributed by atoms with Gasteiger partial charge in [0.2, 0.25) is 5.88 Å². The van der Waals surface area contributed by atoms with E-state index in [0.29, 0.717) is 37.7 Å². The van der Waals surface area contributed by atoms with Gasteiger partial charge >= 0.3 is 0 Å². The fourth-order valence-corrected chi connectivity index (χ4v) is 3.34. The molecule has 8 heteroatoms. The third kappa shape index (κ3) is 2.52. The van der Waals surface area contributed by atoms with Crippen LogP contribution in [0.15, 0.2) is 24.5 Å². The molecule has 0 aromatic carbocycles. The van der Waals surface area contributed by atoms with Crippen molar-refractivity contribution < 1.29 is 14.3 Å². The molecule has 0 bridgehead atoms. The SMILES string of the molecule is CCOc1ncccc1C(=O)N1CC[C@@H]2OCc3cnnn3[C@@H]2C1. The fraction of sp³-hybridized carbons (Fsp3) is 0.500. The number of hydrogen-bond donors (Lipinski definition) is 0. The number of aromatic nitrogens is 4. The van der Waals surface area contributed by atoms with Gasteiger partial charge in [0.25, 0.3) is 5.91 Å². The smallest absolute Gasteiger partial charge is 0.259 e. The average Bonchev–Trinajstić information content (AvgIpc) is 3.11. The zero-order valence-corrected chi connectivity index (χ0v) is 13.5. The third-order valence-electron chi connectivity index (χ3n) is 4.50. The van der Waals surface area contributed by atoms with Crippen molar-refractivity contribution in [2.45, 2.75) is 32.1 Å². The highest BCUT2D eigenvalue weighted by Crippen LogP contribution is 2.31. The van der Waals surface area contributed by atoms with Gasteiger partial charge in [-0.3, -0.25) is 4.79 Å². The van der Waals surface area contributed by atoms with E-state index in [0.717, 1.165) is 12.1 Å². The first kappa shape index (κ1) is 15.1. The van der Waals surface area contributed by atoms with Crippen LogP contribution >= 0.6 is 0 Å². The molecule has 0 unspecified atom stereocenters. The van der Waals surface area contributed by atoms with E-state index < -0.39 is 0 Å². The summed E-state index contributed by atoms with van der Waals surface area (Å²) in [4.78, 5) is 18.9. The molecule has 0 radical (unpaired) electrons. The number of amides is 1. The lowest BCUT2D eigenvalue weighted by atomic mass is 9.99. The number of fused-ring (bicyclic) bond motifs is 3. The highest BCUT2D eigenvalue weighted by atomic mass is 16.5. The van der Waals surface area contributed by atoms with Gasteiger partial charge in [-0.1, -0.05) is 5.21 Å². The molecule has 0 N–H and O–H groups in total. The van der Waals surface area contributed by atoms with Gasteiger partial charge in [-0.25, -0.2) is 9.67 Å². The molecule has 126 valence electrons. The summed E-state index contributed by atoms with van der Waals surface area (Å²) in [5, 5.41) is 8.13. The summed E-state index contributed by atoms with van der Waals surface area (Å²) < 4.78 is 13.3. The number of carbonyl (C=O) groups is 1. The standard InChI is InChI=1S/C16H19N5O3/c1-2-23-15-12(4-3-6-17-15)16(22)20-7-5-14-13(9-20)21-11(10-24-14)8-18-19-21/h3-4,6,8,13-14H,2,5,7,9-10H2,1H3/t13-,14+/m1/s1. The molecule has 2 aromatic heterocycles. The van der Waals surface area contributed by atoms with Gasteiger partial charge in [0, 0.05) is 19.3 Å². The van der Waals surface area contributed by atoms with Crippen LogP contribution in [-0.4, -0.2) is 56.6 Å². The molecule has 2 aliphatic rings. The second kappa shape index (κ2) is 6.20. The Balaban J connectivity index is 1.57. The van der Waals surface area contributed by atoms with Crippen molar-refractivity contribution in [3.05, 3.63) is 35.8 Å². The number of rotatable bonds is 3. The van der Waals surface area contributed by atoms with E-state index in [1.54, 1.807) is 24.5 Å². The third-order valence-corrected chi connectivity index (χ3v) is 4.50. The second-order valence-corrected chi connectivity index (χ2v) is 5.92. The highest BCUT2D eigenvalue weighted by Gasteiger charge is 2.38. The highest BCUT2D eigenvalue weighted by molar-refractivity contribution is 5.96. The number of carbonyl (C=O) groups excluding carboxylic acids is 1. The van der Waals surface area contributed by atoms with Crippen LogP contribution in [0.5, 0.6) is 5.88 Å². The molecular weight excluding hydrogens is 310 g/mol. The van der Waals surface area contributed by atoms with E-state index in [-0.39, 0.29) is 18.1 Å². The van der Waals surface area contributed by atoms with Crippen molar-refractivity contribution >= 4 is 5.91 Å². The van der Waals surface area contributed by atoms with E-state index in [1.165, 1.54) is 0 Å². The van der Waals surface area contributed by atoms with Gasteiger partial charge in [-0.05, 0) is 25.5 Å². The lowest BCUT2D eigenvalue weighted by molar-refractivity contribution is -0.0605. The normalized spacial score (nSPS) is 22.6. The quantitative estimate of drug-likeness (QED) is 0.837. The molecule has 0 saturated carbocycles. The largest absolute Gasteiger partial charge is 0.477 e. The fourth-order valence-electron chi connectivity index (χ4n) is 3.34. The molecule has 24 heavy (non-hydrogen) atoms. The van der Waals surface area contributed by atoms with E-state index in [1.807, 2.05) is 16.5 Å². The van der Waals surface area contributed by atoms with Gasteiger partial charge in [-0.2, -0.15) is 0 Å². The Morgan fingerprint density at radius 2 is 2.42 bits per heavy atom. The van der Waals surface area contributed by atoms with Gasteiger partial charge in [0.15, 0.2) is 0 Å². The number of likely N-dealkylation sites (tertiary alicyclic amines) is 1. The Morgan fingerprint density at radius 3 is 3.29 bits per heavy atom. The Kier molecular flexibility index (Phi) is 3.89. The summed E-state index contributed by atoms with van der Waals surface area (Å²) in [6.07, 6.45) is 4.19. The van der Waals surface area contributed by atoms with Gasteiger partial charge in [-0.15, -0.1) is 5.10 Å². The van der Waals surface area contributed by atoms with Gasteiger partial charge in [0.05, 0.1) is 37.3 Å². The van der Waals surface area contributed by atoms with E-state index in [2.05, 4.69) is 15.3 Å². The maximum absolute atomic E-state index is 12.9. The molecule has 2 aromatic rings. The van der Waals surface area contributed by atoms with Gasteiger partial charge in [0.1, 0.15) is 5.56 Å². The molecular formula is C16H19N5O3. The zero-order valence-electron chi connectivity index (χ0n) is 13.5.